The molecule has 2 aromatic carbocycles. The first-order chi connectivity index (χ1) is 10.8. The normalized spacial score (nSPS) is 11.0. The molecule has 2 N–H and O–H groups in total. The molecule has 6 nitrogen and oxygen atoms in total. The second-order valence-corrected chi connectivity index (χ2v) is 6.49. The van der Waals surface area contributed by atoms with Crippen LogP contribution in [0.5, 0.6) is 5.75 Å². The zero-order chi connectivity index (χ0) is 17.0. The lowest BCUT2D eigenvalue weighted by atomic mass is 10.1. The molecule has 0 aliphatic rings. The van der Waals surface area contributed by atoms with Gasteiger partial charge in [-0.1, -0.05) is 12.1 Å². The molecule has 0 unspecified atom stereocenters. The Morgan fingerprint density at radius 1 is 1.17 bits per heavy atom. The van der Waals surface area contributed by atoms with Gasteiger partial charge < -0.3 is 9.84 Å². The lowest BCUT2D eigenvalue weighted by Gasteiger charge is -2.13. The number of rotatable bonds is 6. The molecule has 0 radical (unpaired) electrons. The Balaban J connectivity index is 2.37. The summed E-state index contributed by atoms with van der Waals surface area (Å²) in [7, 11) is -3.89. The fraction of sp³-hybridized carbons (Fsp3) is 0.188. The van der Waals surface area contributed by atoms with Crippen LogP contribution in [0.2, 0.25) is 0 Å². The van der Waals surface area contributed by atoms with E-state index in [1.54, 1.807) is 31.2 Å². The molecule has 0 atom stereocenters. The summed E-state index contributed by atoms with van der Waals surface area (Å²) >= 11 is 0. The second-order valence-electron chi connectivity index (χ2n) is 4.81. The Kier molecular flexibility index (Phi) is 4.90. The Bertz CT molecular complexity index is 813. The van der Waals surface area contributed by atoms with E-state index >= 15 is 0 Å². The highest BCUT2D eigenvalue weighted by molar-refractivity contribution is 7.92. The molecule has 0 saturated carbocycles. The molecule has 0 heterocycles. The van der Waals surface area contributed by atoms with E-state index in [-0.39, 0.29) is 16.1 Å². The first kappa shape index (κ1) is 16.8. The number of nitrogens with one attached hydrogen (secondary N) is 1. The zero-order valence-corrected chi connectivity index (χ0v) is 13.6. The SMILES string of the molecule is CCOc1ccc(S(=O)(=O)Nc2c(C)cccc2C(=O)O)cc1. The molecule has 2 aromatic rings. The number of aryl methyl sites for hydroxylation is 1. The van der Waals surface area contributed by atoms with Crippen LogP contribution < -0.4 is 9.46 Å². The lowest BCUT2D eigenvalue weighted by molar-refractivity contribution is 0.0698. The fourth-order valence-corrected chi connectivity index (χ4v) is 3.21. The largest absolute Gasteiger partial charge is 0.494 e. The van der Waals surface area contributed by atoms with E-state index in [0.717, 1.165) is 0 Å². The van der Waals surface area contributed by atoms with E-state index in [9.17, 15) is 18.3 Å². The Morgan fingerprint density at radius 3 is 2.39 bits per heavy atom. The maximum Gasteiger partial charge on any atom is 0.337 e. The average molecular weight is 335 g/mol. The number of carboxylic acids is 1. The van der Waals surface area contributed by atoms with E-state index in [1.165, 1.54) is 18.2 Å². The molecule has 0 bridgehead atoms. The fourth-order valence-electron chi connectivity index (χ4n) is 2.06. The summed E-state index contributed by atoms with van der Waals surface area (Å²) in [6.07, 6.45) is 0. The summed E-state index contributed by atoms with van der Waals surface area (Å²) in [5, 5.41) is 9.20. The molecule has 0 fully saturated rings. The van der Waals surface area contributed by atoms with E-state index in [0.29, 0.717) is 17.9 Å². The quantitative estimate of drug-likeness (QED) is 0.847. The molecule has 0 amide bonds. The molecule has 23 heavy (non-hydrogen) atoms. The highest BCUT2D eigenvalue weighted by Crippen LogP contribution is 2.25. The highest BCUT2D eigenvalue weighted by Gasteiger charge is 2.20. The molecule has 2 rings (SSSR count). The minimum Gasteiger partial charge on any atom is -0.494 e. The predicted octanol–water partition coefficient (Wildman–Crippen LogP) is 2.89. The number of benzene rings is 2. The topological polar surface area (TPSA) is 92.7 Å². The third-order valence-electron chi connectivity index (χ3n) is 3.18. The van der Waals surface area contributed by atoms with Crippen molar-refractivity contribution in [3.8, 4) is 5.75 Å². The van der Waals surface area contributed by atoms with Crippen LogP contribution in [0.3, 0.4) is 0 Å². The van der Waals surface area contributed by atoms with Crippen LogP contribution in [0.15, 0.2) is 47.4 Å². The van der Waals surface area contributed by atoms with Crippen LogP contribution in [0, 0.1) is 6.92 Å². The summed E-state index contributed by atoms with van der Waals surface area (Å²) in [5.41, 5.74) is 0.493. The minimum atomic E-state index is -3.89. The molecule has 0 aliphatic heterocycles. The summed E-state index contributed by atoms with van der Waals surface area (Å²) in [6.45, 7) is 3.95. The number of carbonyl (C=O) groups is 1. The first-order valence-electron chi connectivity index (χ1n) is 6.93. The van der Waals surface area contributed by atoms with Gasteiger partial charge in [-0.2, -0.15) is 0 Å². The molecule has 122 valence electrons. The van der Waals surface area contributed by atoms with Crippen molar-refractivity contribution in [2.75, 3.05) is 11.3 Å². The average Bonchev–Trinajstić information content (AvgIpc) is 2.50. The van der Waals surface area contributed by atoms with Crippen molar-refractivity contribution in [1.29, 1.82) is 0 Å². The number of hydrogen-bond donors (Lipinski definition) is 2. The molecule has 0 aliphatic carbocycles. The van der Waals surface area contributed by atoms with Crippen LogP contribution >= 0.6 is 0 Å². The van der Waals surface area contributed by atoms with Gasteiger partial charge in [0.1, 0.15) is 5.75 Å². The molecular formula is C16H17NO5S. The Morgan fingerprint density at radius 2 is 1.83 bits per heavy atom. The lowest BCUT2D eigenvalue weighted by Crippen LogP contribution is -2.16. The van der Waals surface area contributed by atoms with Gasteiger partial charge in [0.05, 0.1) is 22.8 Å². The number of carboxylic acid groups (broad SMARTS) is 1. The third-order valence-corrected chi connectivity index (χ3v) is 4.55. The van der Waals surface area contributed by atoms with Crippen molar-refractivity contribution in [3.05, 3.63) is 53.6 Å². The second kappa shape index (κ2) is 6.70. The molecule has 7 heteroatoms. The van der Waals surface area contributed by atoms with E-state index in [2.05, 4.69) is 4.72 Å². The Hall–Kier alpha value is -2.54. The van der Waals surface area contributed by atoms with Gasteiger partial charge in [-0.15, -0.1) is 0 Å². The van der Waals surface area contributed by atoms with Gasteiger partial charge in [0, 0.05) is 0 Å². The zero-order valence-electron chi connectivity index (χ0n) is 12.7. The van der Waals surface area contributed by atoms with E-state index in [1.807, 2.05) is 6.92 Å². The monoisotopic (exact) mass is 335 g/mol. The van der Waals surface area contributed by atoms with Gasteiger partial charge >= 0.3 is 5.97 Å². The van der Waals surface area contributed by atoms with Gasteiger partial charge in [-0.3, -0.25) is 4.72 Å². The van der Waals surface area contributed by atoms with Crippen LogP contribution in [0.1, 0.15) is 22.8 Å². The number of para-hydroxylation sites is 1. The van der Waals surface area contributed by atoms with Gasteiger partial charge in [0.15, 0.2) is 0 Å². The van der Waals surface area contributed by atoms with Crippen LogP contribution in [0.4, 0.5) is 5.69 Å². The maximum absolute atomic E-state index is 12.5. The number of ether oxygens (including phenoxy) is 1. The molecule has 0 spiro atoms. The minimum absolute atomic E-state index is 0.0283. The van der Waals surface area contributed by atoms with Gasteiger partial charge in [-0.25, -0.2) is 13.2 Å². The maximum atomic E-state index is 12.5. The molecule has 0 saturated heterocycles. The Labute approximate surface area is 134 Å². The van der Waals surface area contributed by atoms with Crippen LogP contribution in [-0.4, -0.2) is 26.1 Å². The van der Waals surface area contributed by atoms with Crippen molar-refractivity contribution in [2.45, 2.75) is 18.7 Å². The van der Waals surface area contributed by atoms with E-state index < -0.39 is 16.0 Å². The van der Waals surface area contributed by atoms with Crippen LogP contribution in [0.25, 0.3) is 0 Å². The summed E-state index contributed by atoms with van der Waals surface area (Å²) < 4.78 is 32.5. The number of anilines is 1. The van der Waals surface area contributed by atoms with Gasteiger partial charge in [0.25, 0.3) is 10.0 Å². The number of sulfonamides is 1. The van der Waals surface area contributed by atoms with E-state index in [4.69, 9.17) is 4.74 Å². The summed E-state index contributed by atoms with van der Waals surface area (Å²) in [5.74, 6) is -0.633. The van der Waals surface area contributed by atoms with Crippen molar-refractivity contribution < 1.29 is 23.1 Å². The van der Waals surface area contributed by atoms with Crippen molar-refractivity contribution >= 4 is 21.7 Å². The first-order valence-corrected chi connectivity index (χ1v) is 8.42. The van der Waals surface area contributed by atoms with Crippen molar-refractivity contribution in [2.24, 2.45) is 0 Å². The number of aromatic carboxylic acids is 1. The molecular weight excluding hydrogens is 318 g/mol. The summed E-state index contributed by atoms with van der Waals surface area (Å²) in [6, 6.07) is 10.5. The third kappa shape index (κ3) is 3.81. The van der Waals surface area contributed by atoms with Gasteiger partial charge in [0.2, 0.25) is 0 Å². The summed E-state index contributed by atoms with van der Waals surface area (Å²) in [4.78, 5) is 11.3. The molecule has 0 aromatic heterocycles. The number of hydrogen-bond acceptors (Lipinski definition) is 4. The van der Waals surface area contributed by atoms with Crippen molar-refractivity contribution in [1.82, 2.24) is 0 Å². The van der Waals surface area contributed by atoms with Gasteiger partial charge in [-0.05, 0) is 49.7 Å². The van der Waals surface area contributed by atoms with Crippen LogP contribution in [-0.2, 0) is 10.0 Å². The smallest absolute Gasteiger partial charge is 0.337 e. The highest BCUT2D eigenvalue weighted by atomic mass is 32.2. The predicted molar refractivity (Wildman–Crippen MR) is 86.6 cm³/mol. The standard InChI is InChI=1S/C16H17NO5S/c1-3-22-12-7-9-13(10-8-12)23(20,21)17-15-11(2)5-4-6-14(15)16(18)19/h4-10,17H,3H2,1-2H3,(H,18,19). The van der Waals surface area contributed by atoms with Crippen molar-refractivity contribution in [3.63, 3.8) is 0 Å².